The van der Waals surface area contributed by atoms with Crippen LogP contribution >= 0.6 is 0 Å². The van der Waals surface area contributed by atoms with Crippen molar-refractivity contribution in [3.63, 3.8) is 0 Å². The van der Waals surface area contributed by atoms with E-state index in [1.807, 2.05) is 0 Å². The summed E-state index contributed by atoms with van der Waals surface area (Å²) in [6.45, 7) is 1.40. The number of ether oxygens (including phenoxy) is 4. The van der Waals surface area contributed by atoms with Crippen molar-refractivity contribution in [2.45, 2.75) is 36.6 Å². The third-order valence-electron chi connectivity index (χ3n) is 3.24. The average molecular weight is 170 g/mol. The second-order valence-electron chi connectivity index (χ2n) is 3.87. The standard InChI is InChI=1S/C8H10O4/c1-2-10-8(9-1)3-4-5-6(12-5)7(8)11-4/h4-7H,1-3H2/t4-,5-,6-,7-/m1/s1. The lowest BCUT2D eigenvalue weighted by Gasteiger charge is -2.26. The minimum absolute atomic E-state index is 0.0509. The Kier molecular flexibility index (Phi) is 0.896. The van der Waals surface area contributed by atoms with Crippen LogP contribution in [0, 0.1) is 0 Å². The van der Waals surface area contributed by atoms with Gasteiger partial charge in [0.25, 0.3) is 0 Å². The topological polar surface area (TPSA) is 40.2 Å². The lowest BCUT2D eigenvalue weighted by atomic mass is 9.94. The fourth-order valence-electron chi connectivity index (χ4n) is 2.69. The Labute approximate surface area is 69.7 Å². The summed E-state index contributed by atoms with van der Waals surface area (Å²) in [7, 11) is 0. The van der Waals surface area contributed by atoms with Crippen LogP contribution in [0.5, 0.6) is 0 Å². The van der Waals surface area contributed by atoms with Crippen LogP contribution < -0.4 is 0 Å². The quantitative estimate of drug-likeness (QED) is 0.467. The zero-order chi connectivity index (χ0) is 7.76. The number of fused-ring (bicyclic) bond motifs is 6. The molecule has 4 heteroatoms. The van der Waals surface area contributed by atoms with E-state index < -0.39 is 5.79 Å². The van der Waals surface area contributed by atoms with E-state index in [4.69, 9.17) is 18.9 Å². The van der Waals surface area contributed by atoms with Crippen molar-refractivity contribution in [2.24, 2.45) is 0 Å². The van der Waals surface area contributed by atoms with Crippen molar-refractivity contribution in [2.75, 3.05) is 13.2 Å². The van der Waals surface area contributed by atoms with Crippen LogP contribution in [0.1, 0.15) is 6.42 Å². The minimum Gasteiger partial charge on any atom is -0.364 e. The predicted molar refractivity (Wildman–Crippen MR) is 36.6 cm³/mol. The van der Waals surface area contributed by atoms with Gasteiger partial charge in [-0.05, 0) is 0 Å². The van der Waals surface area contributed by atoms with Crippen molar-refractivity contribution in [1.29, 1.82) is 0 Å². The van der Waals surface area contributed by atoms with E-state index in [2.05, 4.69) is 0 Å². The molecule has 4 rings (SSSR count). The molecule has 0 N–H and O–H groups in total. The maximum absolute atomic E-state index is 5.70. The maximum Gasteiger partial charge on any atom is 0.200 e. The molecule has 4 aliphatic rings. The highest BCUT2D eigenvalue weighted by atomic mass is 16.8. The van der Waals surface area contributed by atoms with Crippen LogP contribution in [0.2, 0.25) is 0 Å². The van der Waals surface area contributed by atoms with Gasteiger partial charge < -0.3 is 18.9 Å². The third-order valence-corrected chi connectivity index (χ3v) is 3.24. The molecule has 12 heavy (non-hydrogen) atoms. The molecule has 4 aliphatic heterocycles. The highest BCUT2D eigenvalue weighted by Crippen LogP contribution is 2.55. The first-order valence-corrected chi connectivity index (χ1v) is 4.48. The molecule has 0 amide bonds. The highest BCUT2D eigenvalue weighted by Gasteiger charge is 2.73. The summed E-state index contributed by atoms with van der Waals surface area (Å²) < 4.78 is 22.3. The van der Waals surface area contributed by atoms with Gasteiger partial charge in [0.15, 0.2) is 5.79 Å². The zero-order valence-electron chi connectivity index (χ0n) is 6.56. The number of rotatable bonds is 0. The predicted octanol–water partition coefficient (Wildman–Crippen LogP) is -0.332. The van der Waals surface area contributed by atoms with E-state index >= 15 is 0 Å². The molecule has 4 saturated heterocycles. The lowest BCUT2D eigenvalue weighted by molar-refractivity contribution is -0.193. The summed E-state index contributed by atoms with van der Waals surface area (Å²) in [5.41, 5.74) is 0. The van der Waals surface area contributed by atoms with Gasteiger partial charge in [-0.3, -0.25) is 0 Å². The van der Waals surface area contributed by atoms with Crippen molar-refractivity contribution in [3.8, 4) is 0 Å². The molecule has 1 spiro atoms. The molecule has 0 unspecified atom stereocenters. The number of hydrogen-bond donors (Lipinski definition) is 0. The van der Waals surface area contributed by atoms with Crippen molar-refractivity contribution < 1.29 is 18.9 Å². The Morgan fingerprint density at radius 2 is 1.83 bits per heavy atom. The average Bonchev–Trinajstić information content (AvgIpc) is 2.50. The smallest absolute Gasteiger partial charge is 0.200 e. The first kappa shape index (κ1) is 6.32. The second kappa shape index (κ2) is 1.70. The fourth-order valence-corrected chi connectivity index (χ4v) is 2.69. The van der Waals surface area contributed by atoms with E-state index in [-0.39, 0.29) is 18.3 Å². The van der Waals surface area contributed by atoms with Crippen LogP contribution in [0.25, 0.3) is 0 Å². The van der Waals surface area contributed by atoms with Crippen molar-refractivity contribution >= 4 is 0 Å². The molecule has 0 saturated carbocycles. The molecular weight excluding hydrogens is 160 g/mol. The van der Waals surface area contributed by atoms with E-state index in [9.17, 15) is 0 Å². The Bertz CT molecular complexity index is 235. The zero-order valence-corrected chi connectivity index (χ0v) is 6.56. The summed E-state index contributed by atoms with van der Waals surface area (Å²) in [6, 6.07) is 0. The Balaban J connectivity index is 1.73. The molecule has 4 atom stereocenters. The van der Waals surface area contributed by atoms with E-state index in [1.54, 1.807) is 0 Å². The lowest BCUT2D eigenvalue weighted by Crippen LogP contribution is -2.44. The molecule has 4 fully saturated rings. The monoisotopic (exact) mass is 170 g/mol. The van der Waals surface area contributed by atoms with Crippen LogP contribution in [0.15, 0.2) is 0 Å². The van der Waals surface area contributed by atoms with Gasteiger partial charge in [-0.2, -0.15) is 0 Å². The molecule has 4 nitrogen and oxygen atoms in total. The Hall–Kier alpha value is -0.160. The van der Waals surface area contributed by atoms with E-state index in [0.717, 1.165) is 6.42 Å². The van der Waals surface area contributed by atoms with Crippen LogP contribution in [-0.4, -0.2) is 43.4 Å². The van der Waals surface area contributed by atoms with Gasteiger partial charge in [-0.1, -0.05) is 0 Å². The van der Waals surface area contributed by atoms with Gasteiger partial charge in [-0.25, -0.2) is 0 Å². The van der Waals surface area contributed by atoms with E-state index in [1.165, 1.54) is 0 Å². The third kappa shape index (κ3) is 0.537. The summed E-state index contributed by atoms with van der Waals surface area (Å²) in [5.74, 6) is -0.428. The molecule has 0 aromatic heterocycles. The molecule has 4 heterocycles. The maximum atomic E-state index is 5.70. The van der Waals surface area contributed by atoms with Gasteiger partial charge in [0, 0.05) is 6.42 Å². The van der Waals surface area contributed by atoms with Gasteiger partial charge in [0.2, 0.25) is 0 Å². The molecular formula is C8H10O4. The first-order valence-electron chi connectivity index (χ1n) is 4.48. The van der Waals surface area contributed by atoms with Crippen LogP contribution in [0.3, 0.4) is 0 Å². The summed E-state index contributed by atoms with van der Waals surface area (Å²) in [6.07, 6.45) is 1.77. The summed E-state index contributed by atoms with van der Waals surface area (Å²) in [4.78, 5) is 0. The van der Waals surface area contributed by atoms with Gasteiger partial charge in [0.05, 0.1) is 19.3 Å². The number of epoxide rings is 1. The second-order valence-corrected chi connectivity index (χ2v) is 3.87. The Morgan fingerprint density at radius 1 is 1.00 bits per heavy atom. The largest absolute Gasteiger partial charge is 0.364 e. The molecule has 2 bridgehead atoms. The molecule has 0 aromatic carbocycles. The highest BCUT2D eigenvalue weighted by molar-refractivity contribution is 5.16. The summed E-state index contributed by atoms with van der Waals surface area (Å²) in [5, 5.41) is 0. The summed E-state index contributed by atoms with van der Waals surface area (Å²) >= 11 is 0. The molecule has 0 radical (unpaired) electrons. The van der Waals surface area contributed by atoms with Gasteiger partial charge in [-0.15, -0.1) is 0 Å². The van der Waals surface area contributed by atoms with E-state index in [0.29, 0.717) is 19.3 Å². The first-order chi connectivity index (χ1) is 5.89. The number of hydrogen-bond acceptors (Lipinski definition) is 4. The normalized spacial score (nSPS) is 58.0. The molecule has 66 valence electrons. The fraction of sp³-hybridized carbons (Fsp3) is 1.00. The Morgan fingerprint density at radius 3 is 2.50 bits per heavy atom. The minimum atomic E-state index is -0.428. The SMILES string of the molecule is C1COC2(C[C@H]3O[C@@H]2[C@@H]2O[C@@H]23)O1. The van der Waals surface area contributed by atoms with Crippen LogP contribution in [0.4, 0.5) is 0 Å². The van der Waals surface area contributed by atoms with Gasteiger partial charge >= 0.3 is 0 Å². The molecule has 0 aliphatic carbocycles. The van der Waals surface area contributed by atoms with Crippen molar-refractivity contribution in [1.82, 2.24) is 0 Å². The van der Waals surface area contributed by atoms with Crippen LogP contribution in [-0.2, 0) is 18.9 Å². The van der Waals surface area contributed by atoms with Crippen molar-refractivity contribution in [3.05, 3.63) is 0 Å². The van der Waals surface area contributed by atoms with Gasteiger partial charge in [0.1, 0.15) is 18.3 Å². The molecule has 0 aromatic rings.